The molecular formula is C22H24N2O2. The molecule has 1 amide bonds. The zero-order valence-corrected chi connectivity index (χ0v) is 15.4. The van der Waals surface area contributed by atoms with E-state index in [-0.39, 0.29) is 11.9 Å². The molecule has 134 valence electrons. The van der Waals surface area contributed by atoms with Crippen LogP contribution in [0.3, 0.4) is 0 Å². The van der Waals surface area contributed by atoms with Crippen molar-refractivity contribution in [3.63, 3.8) is 0 Å². The number of nitrogens with zero attached hydrogens (tertiary/aromatic N) is 1. The molecule has 2 aromatic carbocycles. The van der Waals surface area contributed by atoms with Crippen LogP contribution in [0.2, 0.25) is 0 Å². The van der Waals surface area contributed by atoms with Crippen molar-refractivity contribution in [3.05, 3.63) is 83.7 Å². The standard InChI is InChI=1S/C22H24N2O2/c1-16-7-6-8-18(13-16)20(24-11-4-5-12-24)15-22(25)23-19-14-17(2)9-10-21(19)26-3/h4-14,20H,15H2,1-3H3,(H,23,25)/t20-/m0/s1. The highest BCUT2D eigenvalue weighted by atomic mass is 16.5. The third-order valence-electron chi connectivity index (χ3n) is 4.42. The maximum atomic E-state index is 12.8. The highest BCUT2D eigenvalue weighted by Crippen LogP contribution is 2.28. The monoisotopic (exact) mass is 348 g/mol. The quantitative estimate of drug-likeness (QED) is 0.700. The summed E-state index contributed by atoms with van der Waals surface area (Å²) in [5, 5.41) is 3.00. The fraction of sp³-hybridized carbons (Fsp3) is 0.227. The number of amides is 1. The Balaban J connectivity index is 1.83. The molecule has 1 heterocycles. The molecule has 3 rings (SSSR count). The molecule has 0 aliphatic carbocycles. The van der Waals surface area contributed by atoms with Gasteiger partial charge < -0.3 is 14.6 Å². The Hall–Kier alpha value is -3.01. The zero-order valence-electron chi connectivity index (χ0n) is 15.4. The number of hydrogen-bond acceptors (Lipinski definition) is 2. The first-order chi connectivity index (χ1) is 12.6. The molecule has 0 bridgehead atoms. The van der Waals surface area contributed by atoms with Crippen LogP contribution in [-0.4, -0.2) is 17.6 Å². The smallest absolute Gasteiger partial charge is 0.226 e. The van der Waals surface area contributed by atoms with Gasteiger partial charge in [-0.05, 0) is 49.2 Å². The van der Waals surface area contributed by atoms with Gasteiger partial charge in [-0.3, -0.25) is 4.79 Å². The Morgan fingerprint density at radius 3 is 2.46 bits per heavy atom. The minimum Gasteiger partial charge on any atom is -0.495 e. The number of carbonyl (C=O) groups is 1. The highest BCUT2D eigenvalue weighted by molar-refractivity contribution is 5.92. The molecule has 0 fully saturated rings. The molecule has 0 aliphatic heterocycles. The predicted octanol–water partition coefficient (Wildman–Crippen LogP) is 4.73. The van der Waals surface area contributed by atoms with Crippen molar-refractivity contribution in [2.75, 3.05) is 12.4 Å². The SMILES string of the molecule is COc1ccc(C)cc1NC(=O)C[C@@H](c1cccc(C)c1)n1cccc1. The van der Waals surface area contributed by atoms with E-state index in [9.17, 15) is 4.79 Å². The molecule has 4 nitrogen and oxygen atoms in total. The Morgan fingerprint density at radius 2 is 1.77 bits per heavy atom. The number of methoxy groups -OCH3 is 1. The average Bonchev–Trinajstić information content (AvgIpc) is 3.14. The van der Waals surface area contributed by atoms with E-state index in [1.807, 2.05) is 55.7 Å². The second-order valence-corrected chi connectivity index (χ2v) is 6.52. The average molecular weight is 348 g/mol. The largest absolute Gasteiger partial charge is 0.495 e. The van der Waals surface area contributed by atoms with E-state index in [1.54, 1.807) is 7.11 Å². The van der Waals surface area contributed by atoms with Gasteiger partial charge in [-0.1, -0.05) is 35.9 Å². The van der Waals surface area contributed by atoms with Crippen LogP contribution in [0.1, 0.15) is 29.2 Å². The Morgan fingerprint density at radius 1 is 1.04 bits per heavy atom. The van der Waals surface area contributed by atoms with E-state index in [4.69, 9.17) is 4.74 Å². The van der Waals surface area contributed by atoms with E-state index in [0.717, 1.165) is 11.1 Å². The zero-order chi connectivity index (χ0) is 18.5. The minimum absolute atomic E-state index is 0.0471. The summed E-state index contributed by atoms with van der Waals surface area (Å²) in [4.78, 5) is 12.8. The van der Waals surface area contributed by atoms with E-state index >= 15 is 0 Å². The lowest BCUT2D eigenvalue weighted by molar-refractivity contribution is -0.116. The molecular weight excluding hydrogens is 324 g/mol. The van der Waals surface area contributed by atoms with Crippen LogP contribution >= 0.6 is 0 Å². The van der Waals surface area contributed by atoms with Crippen molar-refractivity contribution in [1.82, 2.24) is 4.57 Å². The topological polar surface area (TPSA) is 43.3 Å². The van der Waals surface area contributed by atoms with Gasteiger partial charge in [-0.2, -0.15) is 0 Å². The van der Waals surface area contributed by atoms with Gasteiger partial charge in [0.15, 0.2) is 0 Å². The summed E-state index contributed by atoms with van der Waals surface area (Å²) >= 11 is 0. The highest BCUT2D eigenvalue weighted by Gasteiger charge is 2.18. The van der Waals surface area contributed by atoms with E-state index < -0.39 is 0 Å². The molecule has 1 aromatic heterocycles. The van der Waals surface area contributed by atoms with Gasteiger partial charge >= 0.3 is 0 Å². The predicted molar refractivity (Wildman–Crippen MR) is 105 cm³/mol. The lowest BCUT2D eigenvalue weighted by Gasteiger charge is -2.20. The number of aryl methyl sites for hydroxylation is 2. The van der Waals surface area contributed by atoms with E-state index in [1.165, 1.54) is 5.56 Å². The second kappa shape index (κ2) is 7.91. The summed E-state index contributed by atoms with van der Waals surface area (Å²) in [6, 6.07) is 17.9. The molecule has 4 heteroatoms. The molecule has 3 aromatic rings. The van der Waals surface area contributed by atoms with Crippen LogP contribution in [0.15, 0.2) is 67.0 Å². The number of benzene rings is 2. The van der Waals surface area contributed by atoms with Crippen LogP contribution in [0.4, 0.5) is 5.69 Å². The number of carbonyl (C=O) groups excluding carboxylic acids is 1. The fourth-order valence-corrected chi connectivity index (χ4v) is 3.12. The number of rotatable bonds is 6. The normalized spacial score (nSPS) is 11.8. The first-order valence-corrected chi connectivity index (χ1v) is 8.70. The van der Waals surface area contributed by atoms with Crippen molar-refractivity contribution in [2.45, 2.75) is 26.3 Å². The number of nitrogens with one attached hydrogen (secondary N) is 1. The molecule has 0 saturated heterocycles. The summed E-state index contributed by atoms with van der Waals surface area (Å²) < 4.78 is 7.43. The first-order valence-electron chi connectivity index (χ1n) is 8.70. The number of anilines is 1. The fourth-order valence-electron chi connectivity index (χ4n) is 3.12. The van der Waals surface area contributed by atoms with Gasteiger partial charge in [0, 0.05) is 12.4 Å². The van der Waals surface area contributed by atoms with Crippen LogP contribution in [0, 0.1) is 13.8 Å². The van der Waals surface area contributed by atoms with Crippen molar-refractivity contribution in [3.8, 4) is 5.75 Å². The van der Waals surface area contributed by atoms with Gasteiger partial charge in [0.25, 0.3) is 0 Å². The number of aromatic nitrogens is 1. The molecule has 0 unspecified atom stereocenters. The van der Waals surface area contributed by atoms with Gasteiger partial charge in [0.1, 0.15) is 5.75 Å². The third-order valence-corrected chi connectivity index (χ3v) is 4.42. The van der Waals surface area contributed by atoms with Crippen molar-refractivity contribution >= 4 is 11.6 Å². The number of hydrogen-bond donors (Lipinski definition) is 1. The molecule has 0 spiro atoms. The molecule has 0 saturated carbocycles. The van der Waals surface area contributed by atoms with Gasteiger partial charge in [-0.25, -0.2) is 0 Å². The Labute approximate surface area is 154 Å². The van der Waals surface area contributed by atoms with Crippen molar-refractivity contribution in [2.24, 2.45) is 0 Å². The van der Waals surface area contributed by atoms with Gasteiger partial charge in [0.2, 0.25) is 5.91 Å². The summed E-state index contributed by atoms with van der Waals surface area (Å²) in [6.45, 7) is 4.05. The van der Waals surface area contributed by atoms with Gasteiger partial charge in [-0.15, -0.1) is 0 Å². The van der Waals surface area contributed by atoms with Crippen molar-refractivity contribution < 1.29 is 9.53 Å². The van der Waals surface area contributed by atoms with Crippen molar-refractivity contribution in [1.29, 1.82) is 0 Å². The molecule has 1 atom stereocenters. The summed E-state index contributed by atoms with van der Waals surface area (Å²) in [6.07, 6.45) is 4.33. The Kier molecular flexibility index (Phi) is 5.42. The maximum Gasteiger partial charge on any atom is 0.226 e. The molecule has 0 radical (unpaired) electrons. The minimum atomic E-state index is -0.0549. The van der Waals surface area contributed by atoms with Crippen LogP contribution in [0.25, 0.3) is 0 Å². The van der Waals surface area contributed by atoms with E-state index in [2.05, 4.69) is 35.0 Å². The van der Waals surface area contributed by atoms with Crippen LogP contribution < -0.4 is 10.1 Å². The summed E-state index contributed by atoms with van der Waals surface area (Å²) in [5.41, 5.74) is 4.07. The second-order valence-electron chi connectivity index (χ2n) is 6.52. The molecule has 26 heavy (non-hydrogen) atoms. The summed E-state index contributed by atoms with van der Waals surface area (Å²) in [5.74, 6) is 0.617. The Bertz CT molecular complexity index is 885. The lowest BCUT2D eigenvalue weighted by Crippen LogP contribution is -2.20. The summed E-state index contributed by atoms with van der Waals surface area (Å²) in [7, 11) is 1.61. The van der Waals surface area contributed by atoms with Crippen LogP contribution in [0.5, 0.6) is 5.75 Å². The first kappa shape index (κ1) is 17.8. The van der Waals surface area contributed by atoms with Crippen LogP contribution in [-0.2, 0) is 4.79 Å². The third kappa shape index (κ3) is 4.14. The van der Waals surface area contributed by atoms with Gasteiger partial charge in [0.05, 0.1) is 25.3 Å². The molecule has 0 aliphatic rings. The number of ether oxygens (including phenoxy) is 1. The maximum absolute atomic E-state index is 12.8. The lowest BCUT2D eigenvalue weighted by atomic mass is 10.0. The molecule has 1 N–H and O–H groups in total. The van der Waals surface area contributed by atoms with E-state index in [0.29, 0.717) is 17.9 Å².